The quantitative estimate of drug-likeness (QED) is 0.419. The summed E-state index contributed by atoms with van der Waals surface area (Å²) >= 11 is 2.23. The van der Waals surface area contributed by atoms with E-state index in [-0.39, 0.29) is 41.0 Å². The molecule has 2 aliphatic heterocycles. The van der Waals surface area contributed by atoms with Crippen molar-refractivity contribution < 1.29 is 53.7 Å². The molecule has 0 saturated carbocycles. The van der Waals surface area contributed by atoms with Crippen LogP contribution in [0.25, 0.3) is 0 Å². The molecule has 2 aliphatic rings. The Morgan fingerprint density at radius 2 is 2.32 bits per heavy atom. The van der Waals surface area contributed by atoms with Crippen molar-refractivity contribution in [3.05, 3.63) is 9.93 Å². The Morgan fingerprint density at radius 3 is 2.79 bits per heavy atom. The number of aliphatic hydroxyl groups excluding tert-OH is 1. The fraction of sp³-hybridized carbons (Fsp3) is 0.600. The third-order valence-electron chi connectivity index (χ3n) is 2.77. The molecular formula is C10H11FNNaO4S2. The molecule has 3 atom stereocenters. The number of thioether (sulfide) groups is 2. The monoisotopic (exact) mass is 315 g/mol. The van der Waals surface area contributed by atoms with E-state index in [9.17, 15) is 24.2 Å². The van der Waals surface area contributed by atoms with E-state index >= 15 is 0 Å². The minimum atomic E-state index is -1.44. The number of aliphatic carboxylic acids is 1. The van der Waals surface area contributed by atoms with Crippen LogP contribution in [-0.2, 0) is 9.59 Å². The first-order valence-corrected chi connectivity index (χ1v) is 7.17. The zero-order valence-corrected chi connectivity index (χ0v) is 14.1. The number of halogens is 1. The maximum atomic E-state index is 12.1. The minimum Gasteiger partial charge on any atom is -0.543 e. The van der Waals surface area contributed by atoms with E-state index in [2.05, 4.69) is 0 Å². The van der Waals surface area contributed by atoms with Crippen LogP contribution < -0.4 is 34.7 Å². The largest absolute Gasteiger partial charge is 1.00 e. The summed E-state index contributed by atoms with van der Waals surface area (Å²) in [6.45, 7) is 0.916. The molecule has 1 N–H and O–H groups in total. The molecule has 0 radical (unpaired) electrons. The van der Waals surface area contributed by atoms with Crippen LogP contribution in [0.4, 0.5) is 4.39 Å². The van der Waals surface area contributed by atoms with Gasteiger partial charge in [0.1, 0.15) is 5.37 Å². The van der Waals surface area contributed by atoms with E-state index in [4.69, 9.17) is 0 Å². The number of nitrogens with zero attached hydrogens (tertiary/aromatic N) is 1. The molecule has 0 aliphatic carbocycles. The van der Waals surface area contributed by atoms with Gasteiger partial charge in [0.05, 0.1) is 34.6 Å². The van der Waals surface area contributed by atoms with Gasteiger partial charge in [0, 0.05) is 5.75 Å². The summed E-state index contributed by atoms with van der Waals surface area (Å²) in [4.78, 5) is 23.9. The Labute approximate surface area is 140 Å². The molecule has 1 saturated heterocycles. The van der Waals surface area contributed by atoms with Gasteiger partial charge < -0.3 is 15.0 Å². The number of hydrogen-bond acceptors (Lipinski definition) is 6. The maximum Gasteiger partial charge on any atom is 1.00 e. The number of carboxylic acid groups (broad SMARTS) is 1. The molecule has 19 heavy (non-hydrogen) atoms. The van der Waals surface area contributed by atoms with Crippen LogP contribution in [0, 0.1) is 5.92 Å². The summed E-state index contributed by atoms with van der Waals surface area (Å²) in [7, 11) is 0. The van der Waals surface area contributed by atoms with Gasteiger partial charge in [-0.15, -0.1) is 11.8 Å². The van der Waals surface area contributed by atoms with Gasteiger partial charge in [-0.05, 0) is 6.92 Å². The molecule has 2 heterocycles. The summed E-state index contributed by atoms with van der Waals surface area (Å²) in [6, 6.07) is 0. The molecule has 9 heteroatoms. The molecule has 2 unspecified atom stereocenters. The number of aliphatic hydroxyl groups is 1. The fourth-order valence-electron chi connectivity index (χ4n) is 1.97. The van der Waals surface area contributed by atoms with Gasteiger partial charge in [-0.25, -0.2) is 0 Å². The van der Waals surface area contributed by atoms with Crippen LogP contribution in [0.15, 0.2) is 9.93 Å². The first kappa shape index (κ1) is 17.3. The molecular weight excluding hydrogens is 304 g/mol. The summed E-state index contributed by atoms with van der Waals surface area (Å²) in [5.74, 6) is -2.33. The molecule has 0 bridgehead atoms. The second-order valence-electron chi connectivity index (χ2n) is 3.94. The van der Waals surface area contributed by atoms with Crippen LogP contribution in [0.3, 0.4) is 0 Å². The minimum absolute atomic E-state index is 0. The van der Waals surface area contributed by atoms with E-state index in [0.29, 0.717) is 4.24 Å². The van der Waals surface area contributed by atoms with Crippen molar-refractivity contribution in [3.8, 4) is 0 Å². The van der Waals surface area contributed by atoms with Crippen molar-refractivity contribution >= 4 is 35.4 Å². The summed E-state index contributed by atoms with van der Waals surface area (Å²) in [5, 5.41) is 20.1. The number of carbonyl (C=O) groups is 2. The van der Waals surface area contributed by atoms with Crippen molar-refractivity contribution in [2.45, 2.75) is 18.4 Å². The van der Waals surface area contributed by atoms with Gasteiger partial charge in [-0.1, -0.05) is 11.8 Å². The molecule has 0 aromatic heterocycles. The number of hydrogen-bond donors (Lipinski definition) is 1. The second kappa shape index (κ2) is 6.82. The summed E-state index contributed by atoms with van der Waals surface area (Å²) < 4.78 is 12.5. The first-order valence-electron chi connectivity index (χ1n) is 5.31. The molecule has 1 amide bonds. The Hall–Kier alpha value is 0.270. The smallest absolute Gasteiger partial charge is 0.543 e. The number of alkyl halides is 1. The van der Waals surface area contributed by atoms with E-state index in [1.807, 2.05) is 0 Å². The molecule has 2 rings (SSSR count). The number of amides is 1. The summed E-state index contributed by atoms with van der Waals surface area (Å²) in [6.07, 6.45) is -0.834. The number of carboxylic acids is 1. The fourth-order valence-corrected chi connectivity index (χ4v) is 4.69. The van der Waals surface area contributed by atoms with Gasteiger partial charge in [-0.2, -0.15) is 0 Å². The van der Waals surface area contributed by atoms with Crippen molar-refractivity contribution in [3.63, 3.8) is 0 Å². The van der Waals surface area contributed by atoms with Gasteiger partial charge >= 0.3 is 29.6 Å². The van der Waals surface area contributed by atoms with Crippen LogP contribution in [0.2, 0.25) is 0 Å². The maximum absolute atomic E-state index is 12.1. The Morgan fingerprint density at radius 1 is 1.68 bits per heavy atom. The normalized spacial score (nSPS) is 26.7. The molecule has 100 valence electrons. The van der Waals surface area contributed by atoms with E-state index in [1.54, 1.807) is 0 Å². The Bertz CT molecular complexity index is 432. The average Bonchev–Trinajstić information content (AvgIpc) is 2.60. The molecule has 0 spiro atoms. The third-order valence-corrected chi connectivity index (χ3v) is 5.38. The van der Waals surface area contributed by atoms with Crippen molar-refractivity contribution in [1.29, 1.82) is 0 Å². The van der Waals surface area contributed by atoms with E-state index in [0.717, 1.165) is 16.7 Å². The molecule has 0 aromatic carbocycles. The van der Waals surface area contributed by atoms with Gasteiger partial charge in [0.2, 0.25) is 5.91 Å². The van der Waals surface area contributed by atoms with Crippen LogP contribution >= 0.6 is 23.5 Å². The Kier molecular flexibility index (Phi) is 6.22. The van der Waals surface area contributed by atoms with Gasteiger partial charge in [0.25, 0.3) is 0 Å². The van der Waals surface area contributed by atoms with E-state index in [1.165, 1.54) is 18.7 Å². The van der Waals surface area contributed by atoms with Gasteiger partial charge in [-0.3, -0.25) is 14.1 Å². The zero-order chi connectivity index (χ0) is 13.4. The molecule has 5 nitrogen and oxygen atoms in total. The number of β-lactam (4-membered cyclic amide) rings is 1. The number of carbonyl (C=O) groups excluding carboxylic acids is 2. The van der Waals surface area contributed by atoms with Gasteiger partial charge in [0.15, 0.2) is 0 Å². The van der Waals surface area contributed by atoms with Crippen molar-refractivity contribution in [1.82, 2.24) is 4.90 Å². The topological polar surface area (TPSA) is 80.7 Å². The van der Waals surface area contributed by atoms with Crippen LogP contribution in [0.1, 0.15) is 6.92 Å². The average molecular weight is 315 g/mol. The predicted octanol–water partition coefficient (Wildman–Crippen LogP) is -3.48. The molecule has 0 aromatic rings. The third kappa shape index (κ3) is 2.98. The SMILES string of the molecule is CC(O)C1C(=O)N2C(C(=O)[O-])=C(SCCF)S[C@H]12.[Na+]. The first-order chi connectivity index (χ1) is 8.49. The van der Waals surface area contributed by atoms with Crippen molar-refractivity contribution in [2.24, 2.45) is 5.92 Å². The number of fused-ring (bicyclic) bond motifs is 1. The van der Waals surface area contributed by atoms with Crippen molar-refractivity contribution in [2.75, 3.05) is 12.4 Å². The van der Waals surface area contributed by atoms with Crippen LogP contribution in [0.5, 0.6) is 0 Å². The van der Waals surface area contributed by atoms with E-state index < -0.39 is 35.9 Å². The standard InChI is InChI=1S/C10H12FNO4S2.Na/c1-4(13)5-7(14)12-6(9(15)16)10(17-3-2-11)18-8(5)12;/h4-5,8,13H,2-3H2,1H3,(H,15,16);/q;+1/p-1/t4?,5?,8-;/m1./s1. The molecule has 1 fully saturated rings. The summed E-state index contributed by atoms with van der Waals surface area (Å²) in [5.41, 5.74) is -0.189. The van der Waals surface area contributed by atoms with Crippen LogP contribution in [-0.4, -0.2) is 45.8 Å². The zero-order valence-electron chi connectivity index (χ0n) is 10.5. The number of rotatable bonds is 5. The predicted molar refractivity (Wildman–Crippen MR) is 63.9 cm³/mol. The second-order valence-corrected chi connectivity index (χ2v) is 6.43. The Balaban J connectivity index is 0.00000180.